The molecule has 1 aromatic rings. The largest absolute Gasteiger partial charge is 0.416 e. The molecule has 0 amide bonds. The fourth-order valence-electron chi connectivity index (χ4n) is 2.33. The summed E-state index contributed by atoms with van der Waals surface area (Å²) in [5.41, 5.74) is 0.871. The van der Waals surface area contributed by atoms with E-state index >= 15 is 0 Å². The maximum atomic E-state index is 13.4. The Balaban J connectivity index is 3.10. The van der Waals surface area contributed by atoms with Crippen molar-refractivity contribution in [3.63, 3.8) is 0 Å². The second-order valence-electron chi connectivity index (χ2n) is 5.47. The van der Waals surface area contributed by atoms with Crippen LogP contribution in [0.2, 0.25) is 0 Å². The number of unbranched alkanes of at least 4 members (excludes halogenated alkanes) is 2. The van der Waals surface area contributed by atoms with E-state index in [1.165, 1.54) is 6.08 Å². The van der Waals surface area contributed by atoms with Crippen LogP contribution in [0.15, 0.2) is 47.6 Å². The zero-order chi connectivity index (χ0) is 16.4. The normalized spacial score (nSPS) is 11.9. The molecular weight excluding hydrogens is 285 g/mol. The van der Waals surface area contributed by atoms with E-state index < -0.39 is 11.7 Å². The minimum absolute atomic E-state index is 0.460. The lowest BCUT2D eigenvalue weighted by atomic mass is 9.96. The molecule has 0 aliphatic carbocycles. The van der Waals surface area contributed by atoms with Crippen molar-refractivity contribution in [3.8, 4) is 0 Å². The maximum absolute atomic E-state index is 13.4. The number of alkyl halides is 3. The lowest BCUT2D eigenvalue weighted by Crippen LogP contribution is -2.13. The number of hydrogen-bond acceptors (Lipinski definition) is 0. The van der Waals surface area contributed by atoms with Crippen molar-refractivity contribution < 1.29 is 13.2 Å². The highest BCUT2D eigenvalue weighted by Gasteiger charge is 2.33. The molecule has 0 N–H and O–H groups in total. The van der Waals surface area contributed by atoms with Gasteiger partial charge in [0.1, 0.15) is 0 Å². The van der Waals surface area contributed by atoms with Crippen molar-refractivity contribution in [2.45, 2.75) is 58.5 Å². The summed E-state index contributed by atoms with van der Waals surface area (Å²) in [4.78, 5) is 0. The van der Waals surface area contributed by atoms with Gasteiger partial charge in [0.2, 0.25) is 0 Å². The zero-order valence-electron chi connectivity index (χ0n) is 13.4. The standard InChI is InChI=1S/C19H25F3/c1-3-5-12-17(13-6-4-2)18(19(20,21)22)15-14-16-10-8-7-9-11-16/h7-11,14-15H,3-6,12-13H2,1-2H3. The molecule has 0 bridgehead atoms. The molecule has 1 aromatic carbocycles. The van der Waals surface area contributed by atoms with Crippen LogP contribution in [0.5, 0.6) is 0 Å². The number of halogens is 3. The van der Waals surface area contributed by atoms with Gasteiger partial charge in [0.05, 0.1) is 5.57 Å². The minimum Gasteiger partial charge on any atom is -0.166 e. The third-order valence-corrected chi connectivity index (χ3v) is 3.59. The molecule has 3 heteroatoms. The van der Waals surface area contributed by atoms with E-state index in [9.17, 15) is 13.2 Å². The third-order valence-electron chi connectivity index (χ3n) is 3.59. The molecule has 0 heterocycles. The van der Waals surface area contributed by atoms with Crippen LogP contribution in [0.4, 0.5) is 13.2 Å². The van der Waals surface area contributed by atoms with Crippen molar-refractivity contribution in [1.82, 2.24) is 0 Å². The first-order valence-electron chi connectivity index (χ1n) is 8.01. The van der Waals surface area contributed by atoms with Crippen LogP contribution in [-0.2, 0) is 0 Å². The Labute approximate surface area is 131 Å². The van der Waals surface area contributed by atoms with E-state index in [-0.39, 0.29) is 0 Å². The van der Waals surface area contributed by atoms with Crippen LogP contribution in [0.3, 0.4) is 0 Å². The second kappa shape index (κ2) is 9.50. The summed E-state index contributed by atoms with van der Waals surface area (Å²) in [5, 5.41) is 0. The van der Waals surface area contributed by atoms with Gasteiger partial charge in [0.25, 0.3) is 0 Å². The van der Waals surface area contributed by atoms with Gasteiger partial charge in [0.15, 0.2) is 0 Å². The van der Waals surface area contributed by atoms with E-state index in [0.29, 0.717) is 18.4 Å². The quantitative estimate of drug-likeness (QED) is 0.456. The van der Waals surface area contributed by atoms with E-state index in [1.54, 1.807) is 6.08 Å². The Morgan fingerprint density at radius 2 is 1.50 bits per heavy atom. The summed E-state index contributed by atoms with van der Waals surface area (Å²) >= 11 is 0. The van der Waals surface area contributed by atoms with Gasteiger partial charge in [-0.25, -0.2) is 0 Å². The highest BCUT2D eigenvalue weighted by molar-refractivity contribution is 5.54. The zero-order valence-corrected chi connectivity index (χ0v) is 13.4. The first-order chi connectivity index (χ1) is 10.5. The first kappa shape index (κ1) is 18.5. The molecule has 0 atom stereocenters. The Kier molecular flexibility index (Phi) is 8.00. The van der Waals surface area contributed by atoms with E-state index in [1.807, 2.05) is 44.2 Å². The molecule has 0 saturated carbocycles. The van der Waals surface area contributed by atoms with Crippen LogP contribution < -0.4 is 0 Å². The topological polar surface area (TPSA) is 0 Å². The van der Waals surface area contributed by atoms with Gasteiger partial charge in [-0.15, -0.1) is 0 Å². The lowest BCUT2D eigenvalue weighted by molar-refractivity contribution is -0.0892. The number of hydrogen-bond donors (Lipinski definition) is 0. The van der Waals surface area contributed by atoms with Crippen LogP contribution >= 0.6 is 0 Å². The van der Waals surface area contributed by atoms with Gasteiger partial charge < -0.3 is 0 Å². The summed E-state index contributed by atoms with van der Waals surface area (Å²) in [6.07, 6.45) is 3.00. The molecule has 0 unspecified atom stereocenters. The smallest absolute Gasteiger partial charge is 0.166 e. The van der Waals surface area contributed by atoms with Crippen molar-refractivity contribution in [1.29, 1.82) is 0 Å². The van der Waals surface area contributed by atoms with Gasteiger partial charge in [-0.05, 0) is 37.3 Å². The number of benzene rings is 1. The molecule has 1 rings (SSSR count). The Bertz CT molecular complexity index is 471. The fraction of sp³-hybridized carbons (Fsp3) is 0.474. The Morgan fingerprint density at radius 1 is 0.955 bits per heavy atom. The second-order valence-corrected chi connectivity index (χ2v) is 5.47. The molecule has 0 radical (unpaired) electrons. The van der Waals surface area contributed by atoms with Gasteiger partial charge in [0, 0.05) is 0 Å². The summed E-state index contributed by atoms with van der Waals surface area (Å²) in [5.74, 6) is 0. The maximum Gasteiger partial charge on any atom is 0.416 e. The van der Waals surface area contributed by atoms with Crippen LogP contribution in [0.25, 0.3) is 6.08 Å². The molecule has 0 nitrogen and oxygen atoms in total. The molecule has 0 saturated heterocycles. The lowest BCUT2D eigenvalue weighted by Gasteiger charge is -2.15. The predicted molar refractivity (Wildman–Crippen MR) is 87.6 cm³/mol. The summed E-state index contributed by atoms with van der Waals surface area (Å²) in [7, 11) is 0. The van der Waals surface area contributed by atoms with Crippen molar-refractivity contribution in [2.75, 3.05) is 0 Å². The van der Waals surface area contributed by atoms with Crippen LogP contribution in [0, 0.1) is 0 Å². The minimum atomic E-state index is -4.29. The van der Waals surface area contributed by atoms with E-state index in [0.717, 1.165) is 31.2 Å². The highest BCUT2D eigenvalue weighted by Crippen LogP contribution is 2.33. The molecular formula is C19H25F3. The van der Waals surface area contributed by atoms with Gasteiger partial charge in [-0.1, -0.05) is 68.7 Å². The van der Waals surface area contributed by atoms with Crippen molar-refractivity contribution >= 4 is 6.08 Å². The van der Waals surface area contributed by atoms with E-state index in [4.69, 9.17) is 0 Å². The summed E-state index contributed by atoms with van der Waals surface area (Å²) in [6, 6.07) is 9.12. The fourth-order valence-corrected chi connectivity index (χ4v) is 2.33. The van der Waals surface area contributed by atoms with Crippen molar-refractivity contribution in [3.05, 3.63) is 53.1 Å². The Morgan fingerprint density at radius 3 is 1.95 bits per heavy atom. The SMILES string of the molecule is CCCCC(CCCC)=C(C=Cc1ccccc1)C(F)(F)F. The number of rotatable bonds is 8. The van der Waals surface area contributed by atoms with Gasteiger partial charge in [-0.3, -0.25) is 0 Å². The van der Waals surface area contributed by atoms with E-state index in [2.05, 4.69) is 0 Å². The third kappa shape index (κ3) is 6.50. The van der Waals surface area contributed by atoms with Gasteiger partial charge in [-0.2, -0.15) is 13.2 Å². The summed E-state index contributed by atoms with van der Waals surface area (Å²) in [6.45, 7) is 4.01. The first-order valence-corrected chi connectivity index (χ1v) is 8.01. The van der Waals surface area contributed by atoms with Crippen LogP contribution in [-0.4, -0.2) is 6.18 Å². The molecule has 0 aliphatic heterocycles. The highest BCUT2D eigenvalue weighted by atomic mass is 19.4. The predicted octanol–water partition coefficient (Wildman–Crippen LogP) is 6.94. The molecule has 0 spiro atoms. The summed E-state index contributed by atoms with van der Waals surface area (Å²) < 4.78 is 40.3. The van der Waals surface area contributed by atoms with Crippen LogP contribution in [0.1, 0.15) is 57.9 Å². The Hall–Kier alpha value is -1.51. The molecule has 0 aromatic heterocycles. The monoisotopic (exact) mass is 310 g/mol. The molecule has 0 aliphatic rings. The average Bonchev–Trinajstić information content (AvgIpc) is 2.49. The van der Waals surface area contributed by atoms with Gasteiger partial charge >= 0.3 is 6.18 Å². The molecule has 0 fully saturated rings. The molecule has 22 heavy (non-hydrogen) atoms. The molecule has 122 valence electrons. The number of allylic oxidation sites excluding steroid dienone is 3. The van der Waals surface area contributed by atoms with Crippen molar-refractivity contribution in [2.24, 2.45) is 0 Å². The average molecular weight is 310 g/mol.